The second kappa shape index (κ2) is 11.3. The van der Waals surface area contributed by atoms with E-state index >= 15 is 0 Å². The number of benzene rings is 1. The van der Waals surface area contributed by atoms with E-state index < -0.39 is 0 Å². The van der Waals surface area contributed by atoms with Gasteiger partial charge in [-0.3, -0.25) is 9.79 Å². The lowest BCUT2D eigenvalue weighted by molar-refractivity contribution is -0.114. The number of anilines is 1. The molecule has 0 atom stereocenters. The van der Waals surface area contributed by atoms with E-state index in [1.54, 1.807) is 14.2 Å². The predicted octanol–water partition coefficient (Wildman–Crippen LogP) is 3.14. The van der Waals surface area contributed by atoms with Gasteiger partial charge in [-0.1, -0.05) is 32.8 Å². The van der Waals surface area contributed by atoms with E-state index in [1.807, 2.05) is 18.2 Å². The van der Waals surface area contributed by atoms with E-state index in [-0.39, 0.29) is 5.91 Å². The van der Waals surface area contributed by atoms with Gasteiger partial charge in [0.15, 0.2) is 5.96 Å². The Hall–Kier alpha value is -2.24. The minimum Gasteiger partial charge on any atom is -0.495 e. The summed E-state index contributed by atoms with van der Waals surface area (Å²) in [6, 6.07) is 5.72. The first kappa shape index (κ1) is 20.8. The fourth-order valence-electron chi connectivity index (χ4n) is 2.44. The van der Waals surface area contributed by atoms with Crippen molar-refractivity contribution in [3.8, 4) is 5.75 Å². The topological polar surface area (TPSA) is 74.8 Å². The van der Waals surface area contributed by atoms with Crippen molar-refractivity contribution in [1.29, 1.82) is 0 Å². The summed E-state index contributed by atoms with van der Waals surface area (Å²) in [5.41, 5.74) is 1.71. The van der Waals surface area contributed by atoms with Crippen LogP contribution in [0.25, 0.3) is 0 Å². The van der Waals surface area contributed by atoms with Crippen LogP contribution < -0.4 is 20.7 Å². The number of nitrogens with zero attached hydrogens (tertiary/aromatic N) is 1. The van der Waals surface area contributed by atoms with Gasteiger partial charge in [0.05, 0.1) is 12.8 Å². The van der Waals surface area contributed by atoms with Crippen molar-refractivity contribution in [3.05, 3.63) is 23.8 Å². The molecule has 6 nitrogen and oxygen atoms in total. The van der Waals surface area contributed by atoms with Crippen molar-refractivity contribution in [2.75, 3.05) is 26.0 Å². The van der Waals surface area contributed by atoms with Crippen LogP contribution in [0.1, 0.15) is 45.6 Å². The minimum atomic E-state index is -0.123. The molecule has 0 aliphatic heterocycles. The van der Waals surface area contributed by atoms with Gasteiger partial charge in [-0.15, -0.1) is 0 Å². The quantitative estimate of drug-likeness (QED) is 0.364. The number of hydrogen-bond donors (Lipinski definition) is 3. The van der Waals surface area contributed by atoms with Crippen LogP contribution in [-0.2, 0) is 11.3 Å². The summed E-state index contributed by atoms with van der Waals surface area (Å²) < 4.78 is 5.27. The molecule has 0 heterocycles. The molecule has 3 N–H and O–H groups in total. The predicted molar refractivity (Wildman–Crippen MR) is 104 cm³/mol. The van der Waals surface area contributed by atoms with Crippen LogP contribution in [0.4, 0.5) is 5.69 Å². The molecular formula is C19H32N4O2. The Balaban J connectivity index is 2.50. The second-order valence-electron chi connectivity index (χ2n) is 6.46. The lowest BCUT2D eigenvalue weighted by atomic mass is 10.1. The third kappa shape index (κ3) is 8.42. The van der Waals surface area contributed by atoms with Crippen molar-refractivity contribution in [2.45, 2.75) is 46.6 Å². The van der Waals surface area contributed by atoms with E-state index in [9.17, 15) is 4.79 Å². The number of rotatable bonds is 9. The molecule has 0 saturated heterocycles. The summed E-state index contributed by atoms with van der Waals surface area (Å²) in [6.07, 6.45) is 3.61. The highest BCUT2D eigenvalue weighted by atomic mass is 16.5. The van der Waals surface area contributed by atoms with Crippen molar-refractivity contribution in [3.63, 3.8) is 0 Å². The zero-order valence-corrected chi connectivity index (χ0v) is 16.1. The average Bonchev–Trinajstić information content (AvgIpc) is 2.56. The molecule has 25 heavy (non-hydrogen) atoms. The number of carbonyl (C=O) groups is 1. The van der Waals surface area contributed by atoms with Crippen LogP contribution in [0, 0.1) is 5.92 Å². The maximum absolute atomic E-state index is 11.3. The SMILES string of the molecule is CN=C(NCCCCC(C)C)NCc1ccc(OC)c(NC(C)=O)c1. The highest BCUT2D eigenvalue weighted by molar-refractivity contribution is 5.90. The lowest BCUT2D eigenvalue weighted by Crippen LogP contribution is -2.37. The van der Waals surface area contributed by atoms with E-state index in [0.717, 1.165) is 30.4 Å². The van der Waals surface area contributed by atoms with Gasteiger partial charge >= 0.3 is 0 Å². The molecule has 1 aromatic rings. The molecule has 0 spiro atoms. The summed E-state index contributed by atoms with van der Waals surface area (Å²) in [5, 5.41) is 9.40. The highest BCUT2D eigenvalue weighted by Crippen LogP contribution is 2.25. The van der Waals surface area contributed by atoms with Crippen LogP contribution in [0.5, 0.6) is 5.75 Å². The van der Waals surface area contributed by atoms with Crippen molar-refractivity contribution < 1.29 is 9.53 Å². The summed E-state index contributed by atoms with van der Waals surface area (Å²) in [6.45, 7) is 7.50. The number of unbranched alkanes of at least 4 members (excludes halogenated alkanes) is 1. The van der Waals surface area contributed by atoms with Gasteiger partial charge in [0.2, 0.25) is 5.91 Å². The van der Waals surface area contributed by atoms with Crippen LogP contribution in [-0.4, -0.2) is 32.6 Å². The van der Waals surface area contributed by atoms with E-state index in [2.05, 4.69) is 34.8 Å². The maximum atomic E-state index is 11.3. The number of hydrogen-bond acceptors (Lipinski definition) is 3. The smallest absolute Gasteiger partial charge is 0.221 e. The van der Waals surface area contributed by atoms with Crippen LogP contribution >= 0.6 is 0 Å². The minimum absolute atomic E-state index is 0.123. The molecule has 0 radical (unpaired) electrons. The maximum Gasteiger partial charge on any atom is 0.221 e. The standard InChI is InChI=1S/C19H32N4O2/c1-14(2)8-6-7-11-21-19(20-4)22-13-16-9-10-18(25-5)17(12-16)23-15(3)24/h9-10,12,14H,6-8,11,13H2,1-5H3,(H,23,24)(H2,20,21,22). The Kier molecular flexibility index (Phi) is 9.43. The summed E-state index contributed by atoms with van der Waals surface area (Å²) >= 11 is 0. The Labute approximate surface area is 151 Å². The fraction of sp³-hybridized carbons (Fsp3) is 0.579. The number of ether oxygens (including phenoxy) is 1. The molecule has 1 amide bonds. The second-order valence-corrected chi connectivity index (χ2v) is 6.46. The summed E-state index contributed by atoms with van der Waals surface area (Å²) in [5.74, 6) is 2.06. The van der Waals surface area contributed by atoms with Crippen LogP contribution in [0.3, 0.4) is 0 Å². The molecule has 0 fully saturated rings. The van der Waals surface area contributed by atoms with Gasteiger partial charge in [0, 0.05) is 27.1 Å². The third-order valence-electron chi connectivity index (χ3n) is 3.76. The van der Waals surface area contributed by atoms with Gasteiger partial charge in [-0.2, -0.15) is 0 Å². The first-order valence-electron chi connectivity index (χ1n) is 8.85. The Morgan fingerprint density at radius 3 is 2.60 bits per heavy atom. The molecular weight excluding hydrogens is 316 g/mol. The molecule has 0 aliphatic carbocycles. The molecule has 1 aromatic carbocycles. The first-order chi connectivity index (χ1) is 12.0. The third-order valence-corrected chi connectivity index (χ3v) is 3.76. The summed E-state index contributed by atoms with van der Waals surface area (Å²) in [7, 11) is 3.35. The first-order valence-corrected chi connectivity index (χ1v) is 8.85. The molecule has 0 unspecified atom stereocenters. The molecule has 0 aromatic heterocycles. The molecule has 6 heteroatoms. The zero-order chi connectivity index (χ0) is 18.7. The van der Waals surface area contributed by atoms with Gasteiger partial charge in [-0.25, -0.2) is 0 Å². The van der Waals surface area contributed by atoms with Gasteiger partial charge in [-0.05, 0) is 30.0 Å². The number of methoxy groups -OCH3 is 1. The Bertz CT molecular complexity index is 571. The number of guanidine groups is 1. The number of amides is 1. The number of carbonyl (C=O) groups excluding carboxylic acids is 1. The van der Waals surface area contributed by atoms with Crippen LogP contribution in [0.2, 0.25) is 0 Å². The van der Waals surface area contributed by atoms with E-state index in [1.165, 1.54) is 19.8 Å². The zero-order valence-electron chi connectivity index (χ0n) is 16.1. The fourth-order valence-corrected chi connectivity index (χ4v) is 2.44. The van der Waals surface area contributed by atoms with Crippen molar-refractivity contribution >= 4 is 17.6 Å². The normalized spacial score (nSPS) is 11.4. The average molecular weight is 348 g/mol. The van der Waals surface area contributed by atoms with Gasteiger partial charge in [0.25, 0.3) is 0 Å². The van der Waals surface area contributed by atoms with Gasteiger partial charge in [0.1, 0.15) is 5.75 Å². The van der Waals surface area contributed by atoms with Crippen molar-refractivity contribution in [1.82, 2.24) is 10.6 Å². The molecule has 0 saturated carbocycles. The number of nitrogens with one attached hydrogen (secondary N) is 3. The van der Waals surface area contributed by atoms with Gasteiger partial charge < -0.3 is 20.7 Å². The summed E-state index contributed by atoms with van der Waals surface area (Å²) in [4.78, 5) is 15.5. The Morgan fingerprint density at radius 1 is 1.24 bits per heavy atom. The molecule has 140 valence electrons. The monoisotopic (exact) mass is 348 g/mol. The highest BCUT2D eigenvalue weighted by Gasteiger charge is 2.06. The number of aliphatic imine (C=N–C) groups is 1. The Morgan fingerprint density at radius 2 is 2.00 bits per heavy atom. The lowest BCUT2D eigenvalue weighted by Gasteiger charge is -2.14. The van der Waals surface area contributed by atoms with Crippen LogP contribution in [0.15, 0.2) is 23.2 Å². The van der Waals surface area contributed by atoms with Crippen molar-refractivity contribution in [2.24, 2.45) is 10.9 Å². The van der Waals surface area contributed by atoms with E-state index in [0.29, 0.717) is 18.0 Å². The molecule has 0 aliphatic rings. The molecule has 1 rings (SSSR count). The molecule has 0 bridgehead atoms. The largest absolute Gasteiger partial charge is 0.495 e. The van der Waals surface area contributed by atoms with E-state index in [4.69, 9.17) is 4.74 Å².